The van der Waals surface area contributed by atoms with Crippen molar-refractivity contribution in [2.24, 2.45) is 5.84 Å². The van der Waals surface area contributed by atoms with Gasteiger partial charge in [-0.25, -0.2) is 5.84 Å². The molecule has 1 saturated carbocycles. The van der Waals surface area contributed by atoms with Gasteiger partial charge >= 0.3 is 0 Å². The fourth-order valence-corrected chi connectivity index (χ4v) is 2.75. The van der Waals surface area contributed by atoms with E-state index in [1.165, 1.54) is 38.5 Å². The molecule has 1 fully saturated rings. The van der Waals surface area contributed by atoms with E-state index in [9.17, 15) is 0 Å². The van der Waals surface area contributed by atoms with Crippen LogP contribution in [0, 0.1) is 0 Å². The predicted octanol–water partition coefficient (Wildman–Crippen LogP) is 2.14. The second-order valence-electron chi connectivity index (χ2n) is 5.43. The van der Waals surface area contributed by atoms with Crippen LogP contribution >= 0.6 is 0 Å². The van der Waals surface area contributed by atoms with Gasteiger partial charge < -0.3 is 10.2 Å². The highest BCUT2D eigenvalue weighted by molar-refractivity contribution is 5.43. The molecule has 2 rings (SSSR count). The van der Waals surface area contributed by atoms with Crippen molar-refractivity contribution >= 4 is 17.8 Å². The van der Waals surface area contributed by atoms with Gasteiger partial charge in [0.25, 0.3) is 0 Å². The molecular weight excluding hydrogens is 266 g/mol. The van der Waals surface area contributed by atoms with Gasteiger partial charge in [0.05, 0.1) is 0 Å². The highest BCUT2D eigenvalue weighted by Crippen LogP contribution is 2.21. The van der Waals surface area contributed by atoms with E-state index in [2.05, 4.69) is 44.4 Å². The van der Waals surface area contributed by atoms with Gasteiger partial charge in [-0.1, -0.05) is 25.7 Å². The maximum atomic E-state index is 5.48. The Balaban J connectivity index is 2.15. The monoisotopic (exact) mass is 293 g/mol. The number of aromatic nitrogens is 3. The lowest BCUT2D eigenvalue weighted by Gasteiger charge is -2.21. The molecule has 1 aliphatic rings. The maximum Gasteiger partial charge on any atom is 0.243 e. The van der Waals surface area contributed by atoms with E-state index in [1.807, 2.05) is 0 Å². The Labute approximate surface area is 126 Å². The first-order chi connectivity index (χ1) is 10.3. The van der Waals surface area contributed by atoms with Crippen LogP contribution in [-0.4, -0.2) is 34.1 Å². The van der Waals surface area contributed by atoms with Gasteiger partial charge in [0.2, 0.25) is 17.8 Å². The summed E-state index contributed by atoms with van der Waals surface area (Å²) < 4.78 is 0. The van der Waals surface area contributed by atoms with Crippen LogP contribution < -0.4 is 21.5 Å². The molecule has 4 N–H and O–H groups in total. The van der Waals surface area contributed by atoms with Crippen molar-refractivity contribution < 1.29 is 0 Å². The molecule has 0 atom stereocenters. The SMILES string of the molecule is CCN(CC)c1nc(NN)nc(NC2CCCCCC2)n1. The van der Waals surface area contributed by atoms with Crippen LogP contribution in [-0.2, 0) is 0 Å². The van der Waals surface area contributed by atoms with Crippen molar-refractivity contribution in [3.05, 3.63) is 0 Å². The number of rotatable bonds is 6. The summed E-state index contributed by atoms with van der Waals surface area (Å²) in [5.41, 5.74) is 2.53. The molecule has 1 aromatic rings. The van der Waals surface area contributed by atoms with Crippen LogP contribution in [0.15, 0.2) is 0 Å². The molecule has 0 aliphatic heterocycles. The lowest BCUT2D eigenvalue weighted by Crippen LogP contribution is -2.27. The Morgan fingerprint density at radius 1 is 1.00 bits per heavy atom. The topological polar surface area (TPSA) is 92.0 Å². The van der Waals surface area contributed by atoms with Crippen LogP contribution in [0.3, 0.4) is 0 Å². The molecule has 118 valence electrons. The molecule has 1 heterocycles. The Hall–Kier alpha value is -1.63. The third-order valence-corrected chi connectivity index (χ3v) is 3.99. The van der Waals surface area contributed by atoms with Crippen LogP contribution in [0.1, 0.15) is 52.4 Å². The largest absolute Gasteiger partial charge is 0.351 e. The number of nitrogens with one attached hydrogen (secondary N) is 2. The molecule has 0 aromatic carbocycles. The lowest BCUT2D eigenvalue weighted by molar-refractivity contribution is 0.614. The zero-order valence-corrected chi connectivity index (χ0v) is 13.1. The average Bonchev–Trinajstić information content (AvgIpc) is 2.77. The van der Waals surface area contributed by atoms with E-state index in [1.54, 1.807) is 0 Å². The van der Waals surface area contributed by atoms with E-state index in [4.69, 9.17) is 5.84 Å². The van der Waals surface area contributed by atoms with Gasteiger partial charge in [-0.3, -0.25) is 5.43 Å². The molecule has 0 saturated heterocycles. The minimum absolute atomic E-state index is 0.406. The molecule has 0 amide bonds. The van der Waals surface area contributed by atoms with E-state index >= 15 is 0 Å². The second-order valence-corrected chi connectivity index (χ2v) is 5.43. The molecule has 0 radical (unpaired) electrons. The Morgan fingerprint density at radius 3 is 2.19 bits per heavy atom. The summed E-state index contributed by atoms with van der Waals surface area (Å²) in [7, 11) is 0. The van der Waals surface area contributed by atoms with Gasteiger partial charge in [-0.05, 0) is 26.7 Å². The summed E-state index contributed by atoms with van der Waals surface area (Å²) in [6.07, 6.45) is 7.56. The van der Waals surface area contributed by atoms with Gasteiger partial charge in [0, 0.05) is 19.1 Å². The minimum atomic E-state index is 0.406. The van der Waals surface area contributed by atoms with E-state index in [0.717, 1.165) is 13.1 Å². The number of nitrogens with two attached hydrogens (primary N) is 1. The van der Waals surface area contributed by atoms with E-state index < -0.39 is 0 Å². The van der Waals surface area contributed by atoms with Crippen LogP contribution in [0.4, 0.5) is 17.8 Å². The fraction of sp³-hybridized carbons (Fsp3) is 0.786. The quantitative estimate of drug-likeness (QED) is 0.420. The standard InChI is InChI=1S/C14H27N7/c1-3-21(4-2)14-18-12(17-13(19-14)20-15)16-11-9-7-5-6-8-10-11/h11H,3-10,15H2,1-2H3,(H2,16,17,18,19,20). The summed E-state index contributed by atoms with van der Waals surface area (Å²) in [6, 6.07) is 0.449. The predicted molar refractivity (Wildman–Crippen MR) is 86.3 cm³/mol. The molecule has 0 unspecified atom stereocenters. The summed E-state index contributed by atoms with van der Waals surface area (Å²) in [6.45, 7) is 5.88. The summed E-state index contributed by atoms with van der Waals surface area (Å²) in [4.78, 5) is 15.3. The number of nitrogen functional groups attached to an aromatic ring is 1. The number of hydrogen-bond acceptors (Lipinski definition) is 7. The molecule has 7 nitrogen and oxygen atoms in total. The smallest absolute Gasteiger partial charge is 0.243 e. The minimum Gasteiger partial charge on any atom is -0.351 e. The average molecular weight is 293 g/mol. The maximum absolute atomic E-state index is 5.48. The first-order valence-electron chi connectivity index (χ1n) is 8.01. The number of hydrogen-bond donors (Lipinski definition) is 3. The van der Waals surface area contributed by atoms with Crippen molar-refractivity contribution in [3.8, 4) is 0 Å². The zero-order chi connectivity index (χ0) is 15.1. The van der Waals surface area contributed by atoms with Gasteiger partial charge in [-0.15, -0.1) is 0 Å². The summed E-state index contributed by atoms with van der Waals surface area (Å²) in [5, 5.41) is 3.45. The second kappa shape index (κ2) is 7.97. The van der Waals surface area contributed by atoms with Gasteiger partial charge in [0.1, 0.15) is 0 Å². The van der Waals surface area contributed by atoms with E-state index in [0.29, 0.717) is 23.9 Å². The van der Waals surface area contributed by atoms with Crippen LogP contribution in [0.25, 0.3) is 0 Å². The van der Waals surface area contributed by atoms with Gasteiger partial charge in [0.15, 0.2) is 0 Å². The van der Waals surface area contributed by atoms with Crippen molar-refractivity contribution in [2.75, 3.05) is 28.7 Å². The normalized spacial score (nSPS) is 16.3. The molecule has 21 heavy (non-hydrogen) atoms. The van der Waals surface area contributed by atoms with Crippen LogP contribution in [0.2, 0.25) is 0 Å². The third-order valence-electron chi connectivity index (χ3n) is 3.99. The zero-order valence-electron chi connectivity index (χ0n) is 13.1. The fourth-order valence-electron chi connectivity index (χ4n) is 2.75. The van der Waals surface area contributed by atoms with Crippen LogP contribution in [0.5, 0.6) is 0 Å². The molecule has 0 bridgehead atoms. The molecular formula is C14H27N7. The Bertz CT molecular complexity index is 425. The Kier molecular flexibility index (Phi) is 5.98. The van der Waals surface area contributed by atoms with E-state index in [-0.39, 0.29) is 0 Å². The molecule has 1 aliphatic carbocycles. The lowest BCUT2D eigenvalue weighted by atomic mass is 10.1. The molecule has 0 spiro atoms. The molecule has 7 heteroatoms. The van der Waals surface area contributed by atoms with Crippen molar-refractivity contribution in [1.82, 2.24) is 15.0 Å². The number of hydrazine groups is 1. The summed E-state index contributed by atoms with van der Waals surface area (Å²) in [5.74, 6) is 7.17. The number of anilines is 3. The first-order valence-corrected chi connectivity index (χ1v) is 8.01. The van der Waals surface area contributed by atoms with Crippen molar-refractivity contribution in [3.63, 3.8) is 0 Å². The summed E-state index contributed by atoms with van der Waals surface area (Å²) >= 11 is 0. The van der Waals surface area contributed by atoms with Crippen molar-refractivity contribution in [1.29, 1.82) is 0 Å². The first kappa shape index (κ1) is 15.8. The highest BCUT2D eigenvalue weighted by atomic mass is 15.4. The number of nitrogens with zero attached hydrogens (tertiary/aromatic N) is 4. The molecule has 1 aromatic heterocycles. The van der Waals surface area contributed by atoms with Gasteiger partial charge in [-0.2, -0.15) is 15.0 Å². The highest BCUT2D eigenvalue weighted by Gasteiger charge is 2.16. The Morgan fingerprint density at radius 2 is 1.62 bits per heavy atom. The van der Waals surface area contributed by atoms with Crippen molar-refractivity contribution in [2.45, 2.75) is 58.4 Å². The third kappa shape index (κ3) is 4.42.